The first-order chi connectivity index (χ1) is 11.1. The number of hydrogen-bond donors (Lipinski definition) is 2. The number of allylic oxidation sites excluding steroid dienone is 3. The molecule has 2 N–H and O–H groups in total. The van der Waals surface area contributed by atoms with Gasteiger partial charge in [0.05, 0.1) is 0 Å². The molecule has 0 fully saturated rings. The summed E-state index contributed by atoms with van der Waals surface area (Å²) in [6, 6.07) is 0. The summed E-state index contributed by atoms with van der Waals surface area (Å²) in [6.07, 6.45) is 19.6. The quantitative estimate of drug-likeness (QED) is 0.140. The SMILES string of the molecule is CCCCCCCCCCCCC/C=C/C=C(C(=O)O)C(=O)O. The van der Waals surface area contributed by atoms with E-state index in [1.165, 1.54) is 70.3 Å². The molecule has 0 heterocycles. The van der Waals surface area contributed by atoms with Gasteiger partial charge in [0.2, 0.25) is 0 Å². The van der Waals surface area contributed by atoms with Gasteiger partial charge in [0, 0.05) is 0 Å². The average Bonchev–Trinajstić information content (AvgIpc) is 2.50. The fourth-order valence-corrected chi connectivity index (χ4v) is 2.42. The van der Waals surface area contributed by atoms with Gasteiger partial charge >= 0.3 is 11.9 Å². The maximum atomic E-state index is 10.6. The molecule has 0 unspecified atom stereocenters. The number of carboxylic acids is 2. The number of carbonyl (C=O) groups is 2. The fourth-order valence-electron chi connectivity index (χ4n) is 2.42. The van der Waals surface area contributed by atoms with Gasteiger partial charge in [0.15, 0.2) is 0 Å². The molecule has 0 aromatic rings. The van der Waals surface area contributed by atoms with Crippen LogP contribution < -0.4 is 0 Å². The van der Waals surface area contributed by atoms with Crippen molar-refractivity contribution in [3.8, 4) is 0 Å². The standard InChI is InChI=1S/C19H32O4/c1-2-3-4-5-6-7-8-9-10-11-12-13-14-15-16-17(18(20)21)19(22)23/h14-16H,2-13H2,1H3,(H,20,21)(H,22,23)/b15-14+. The van der Waals surface area contributed by atoms with E-state index < -0.39 is 17.5 Å². The molecule has 0 aliphatic heterocycles. The van der Waals surface area contributed by atoms with Gasteiger partial charge in [-0.15, -0.1) is 0 Å². The maximum absolute atomic E-state index is 10.6. The molecule has 0 amide bonds. The van der Waals surface area contributed by atoms with Crippen LogP contribution in [0.3, 0.4) is 0 Å². The lowest BCUT2D eigenvalue weighted by Gasteiger charge is -2.01. The first kappa shape index (κ1) is 21.4. The summed E-state index contributed by atoms with van der Waals surface area (Å²) in [7, 11) is 0. The Hall–Kier alpha value is -1.58. The molecule has 0 aliphatic carbocycles. The molecule has 0 aliphatic rings. The van der Waals surface area contributed by atoms with Crippen molar-refractivity contribution >= 4 is 11.9 Å². The van der Waals surface area contributed by atoms with E-state index in [1.54, 1.807) is 0 Å². The number of hydrogen-bond acceptors (Lipinski definition) is 2. The maximum Gasteiger partial charge on any atom is 0.343 e. The van der Waals surface area contributed by atoms with Crippen LogP contribution in [0.2, 0.25) is 0 Å². The number of carboxylic acid groups (broad SMARTS) is 2. The molecule has 0 aromatic heterocycles. The zero-order valence-electron chi connectivity index (χ0n) is 14.4. The molecule has 0 atom stereocenters. The Balaban J connectivity index is 3.49. The van der Waals surface area contributed by atoms with Crippen LogP contribution in [0.5, 0.6) is 0 Å². The molecule has 0 bridgehead atoms. The van der Waals surface area contributed by atoms with Crippen molar-refractivity contribution in [3.05, 3.63) is 23.8 Å². The van der Waals surface area contributed by atoms with E-state index >= 15 is 0 Å². The molecular formula is C19H32O4. The van der Waals surface area contributed by atoms with E-state index in [4.69, 9.17) is 10.2 Å². The van der Waals surface area contributed by atoms with E-state index in [2.05, 4.69) is 6.92 Å². The average molecular weight is 324 g/mol. The van der Waals surface area contributed by atoms with Gasteiger partial charge in [-0.1, -0.05) is 83.3 Å². The molecule has 4 nitrogen and oxygen atoms in total. The highest BCUT2D eigenvalue weighted by Gasteiger charge is 2.13. The van der Waals surface area contributed by atoms with Crippen molar-refractivity contribution in [2.75, 3.05) is 0 Å². The van der Waals surface area contributed by atoms with Crippen LogP contribution in [-0.2, 0) is 9.59 Å². The van der Waals surface area contributed by atoms with Crippen molar-refractivity contribution in [1.82, 2.24) is 0 Å². The van der Waals surface area contributed by atoms with Gasteiger partial charge < -0.3 is 10.2 Å². The number of aliphatic carboxylic acids is 2. The summed E-state index contributed by atoms with van der Waals surface area (Å²) < 4.78 is 0. The van der Waals surface area contributed by atoms with Crippen LogP contribution in [0.25, 0.3) is 0 Å². The van der Waals surface area contributed by atoms with E-state index in [9.17, 15) is 9.59 Å². The molecular weight excluding hydrogens is 292 g/mol. The van der Waals surface area contributed by atoms with E-state index in [-0.39, 0.29) is 0 Å². The Kier molecular flexibility index (Phi) is 14.3. The summed E-state index contributed by atoms with van der Waals surface area (Å²) in [5.74, 6) is -2.81. The lowest BCUT2D eigenvalue weighted by atomic mass is 10.1. The van der Waals surface area contributed by atoms with Crippen molar-refractivity contribution in [1.29, 1.82) is 0 Å². The largest absolute Gasteiger partial charge is 0.477 e. The van der Waals surface area contributed by atoms with Gasteiger partial charge in [-0.3, -0.25) is 0 Å². The highest BCUT2D eigenvalue weighted by Crippen LogP contribution is 2.12. The zero-order valence-corrected chi connectivity index (χ0v) is 14.4. The Morgan fingerprint density at radius 1 is 0.739 bits per heavy atom. The van der Waals surface area contributed by atoms with E-state index in [1.807, 2.05) is 6.08 Å². The summed E-state index contributed by atoms with van der Waals surface area (Å²) in [5.41, 5.74) is -0.597. The van der Waals surface area contributed by atoms with Crippen molar-refractivity contribution in [3.63, 3.8) is 0 Å². The lowest BCUT2D eigenvalue weighted by Crippen LogP contribution is -2.10. The molecule has 0 saturated heterocycles. The Bertz CT molecular complexity index is 367. The molecule has 0 aromatic carbocycles. The van der Waals surface area contributed by atoms with Crippen LogP contribution in [-0.4, -0.2) is 22.2 Å². The van der Waals surface area contributed by atoms with Crippen LogP contribution in [0.15, 0.2) is 23.8 Å². The third kappa shape index (κ3) is 13.8. The Labute approximate surface area is 140 Å². The first-order valence-electron chi connectivity index (χ1n) is 8.93. The fraction of sp³-hybridized carbons (Fsp3) is 0.684. The normalized spacial score (nSPS) is 10.8. The summed E-state index contributed by atoms with van der Waals surface area (Å²) in [6.45, 7) is 2.24. The van der Waals surface area contributed by atoms with Gasteiger partial charge in [-0.2, -0.15) is 0 Å². The molecule has 0 rings (SSSR count). The highest BCUT2D eigenvalue weighted by molar-refractivity contribution is 6.12. The molecule has 132 valence electrons. The summed E-state index contributed by atoms with van der Waals surface area (Å²) in [5, 5.41) is 17.3. The predicted molar refractivity (Wildman–Crippen MR) is 93.6 cm³/mol. The van der Waals surface area contributed by atoms with Gasteiger partial charge in [-0.05, 0) is 18.9 Å². The van der Waals surface area contributed by atoms with Gasteiger partial charge in [0.1, 0.15) is 5.57 Å². The second-order valence-corrected chi connectivity index (χ2v) is 5.94. The number of unbranched alkanes of at least 4 members (excludes halogenated alkanes) is 11. The van der Waals surface area contributed by atoms with Gasteiger partial charge in [-0.25, -0.2) is 9.59 Å². The summed E-state index contributed by atoms with van der Waals surface area (Å²) >= 11 is 0. The monoisotopic (exact) mass is 324 g/mol. The van der Waals surface area contributed by atoms with E-state index in [0.29, 0.717) is 0 Å². The molecule has 0 spiro atoms. The van der Waals surface area contributed by atoms with Gasteiger partial charge in [0.25, 0.3) is 0 Å². The second-order valence-electron chi connectivity index (χ2n) is 5.94. The molecule has 0 saturated carbocycles. The molecule has 23 heavy (non-hydrogen) atoms. The summed E-state index contributed by atoms with van der Waals surface area (Å²) in [4.78, 5) is 21.2. The highest BCUT2D eigenvalue weighted by atomic mass is 16.4. The lowest BCUT2D eigenvalue weighted by molar-refractivity contribution is -0.140. The Morgan fingerprint density at radius 3 is 1.61 bits per heavy atom. The second kappa shape index (κ2) is 15.3. The minimum atomic E-state index is -1.41. The first-order valence-corrected chi connectivity index (χ1v) is 8.93. The van der Waals surface area contributed by atoms with Crippen molar-refractivity contribution in [2.24, 2.45) is 0 Å². The predicted octanol–water partition coefficient (Wildman–Crippen LogP) is 5.34. The smallest absolute Gasteiger partial charge is 0.343 e. The Morgan fingerprint density at radius 2 is 1.17 bits per heavy atom. The minimum Gasteiger partial charge on any atom is -0.477 e. The number of rotatable bonds is 15. The van der Waals surface area contributed by atoms with Crippen LogP contribution in [0.1, 0.15) is 84.0 Å². The topological polar surface area (TPSA) is 74.6 Å². The van der Waals surface area contributed by atoms with Crippen molar-refractivity contribution in [2.45, 2.75) is 84.0 Å². The van der Waals surface area contributed by atoms with E-state index in [0.717, 1.165) is 18.9 Å². The molecule has 0 radical (unpaired) electrons. The molecule has 4 heteroatoms. The van der Waals surface area contributed by atoms with Crippen LogP contribution in [0.4, 0.5) is 0 Å². The van der Waals surface area contributed by atoms with Crippen molar-refractivity contribution < 1.29 is 19.8 Å². The zero-order chi connectivity index (χ0) is 17.3. The van der Waals surface area contributed by atoms with Crippen LogP contribution >= 0.6 is 0 Å². The van der Waals surface area contributed by atoms with Crippen LogP contribution in [0, 0.1) is 0 Å². The minimum absolute atomic E-state index is 0.597. The third-order valence-corrected chi connectivity index (χ3v) is 3.83. The third-order valence-electron chi connectivity index (χ3n) is 3.83.